The summed E-state index contributed by atoms with van der Waals surface area (Å²) in [5.41, 5.74) is 8.03. The number of carbonyl (C=O) groups excluding carboxylic acids is 2. The molecule has 0 bridgehead atoms. The number of aryl methyl sites for hydroxylation is 1. The number of nitrogens with one attached hydrogen (secondary N) is 1. The van der Waals surface area contributed by atoms with Crippen LogP contribution in [0.5, 0.6) is 11.6 Å². The van der Waals surface area contributed by atoms with Crippen LogP contribution in [0.3, 0.4) is 0 Å². The molecule has 11 heteroatoms. The molecule has 3 aliphatic rings. The van der Waals surface area contributed by atoms with Crippen molar-refractivity contribution in [2.75, 3.05) is 6.61 Å². The first-order chi connectivity index (χ1) is 18.4. The summed E-state index contributed by atoms with van der Waals surface area (Å²) >= 11 is 0. The molecule has 0 saturated heterocycles. The zero-order chi connectivity index (χ0) is 27.7. The third kappa shape index (κ3) is 4.73. The van der Waals surface area contributed by atoms with Crippen molar-refractivity contribution in [3.63, 3.8) is 0 Å². The van der Waals surface area contributed by atoms with Gasteiger partial charge in [-0.1, -0.05) is 0 Å². The van der Waals surface area contributed by atoms with Gasteiger partial charge in [-0.15, -0.1) is 5.10 Å². The SMILES string of the molecule is Cc1c(C(N)=O)c(OC2CC3(CC(NC(=O)c4cnn5c(C6CC6)c(OCC(C)(C)O)ccc45)C3)C2)nn1C. The second kappa shape index (κ2) is 8.97. The lowest BCUT2D eigenvalue weighted by atomic mass is 9.53. The summed E-state index contributed by atoms with van der Waals surface area (Å²) < 4.78 is 15.4. The molecule has 39 heavy (non-hydrogen) atoms. The lowest BCUT2D eigenvalue weighted by Crippen LogP contribution is -2.58. The van der Waals surface area contributed by atoms with Crippen molar-refractivity contribution in [1.29, 1.82) is 0 Å². The highest BCUT2D eigenvalue weighted by molar-refractivity contribution is 6.01. The van der Waals surface area contributed by atoms with Gasteiger partial charge in [-0.25, -0.2) is 4.52 Å². The first-order valence-corrected chi connectivity index (χ1v) is 13.6. The average Bonchev–Trinajstić information content (AvgIpc) is 3.48. The number of nitrogens with two attached hydrogens (primary N) is 1. The first-order valence-electron chi connectivity index (χ1n) is 13.6. The van der Waals surface area contributed by atoms with E-state index in [1.165, 1.54) is 0 Å². The highest BCUT2D eigenvalue weighted by atomic mass is 16.5. The second-order valence-electron chi connectivity index (χ2n) is 12.3. The predicted molar refractivity (Wildman–Crippen MR) is 142 cm³/mol. The summed E-state index contributed by atoms with van der Waals surface area (Å²) in [6.07, 6.45) is 7.24. The van der Waals surface area contributed by atoms with Crippen LogP contribution in [0.2, 0.25) is 0 Å². The zero-order valence-electron chi connectivity index (χ0n) is 22.9. The van der Waals surface area contributed by atoms with Gasteiger partial charge in [-0.3, -0.25) is 14.3 Å². The molecular weight excluding hydrogens is 500 g/mol. The van der Waals surface area contributed by atoms with Crippen LogP contribution < -0.4 is 20.5 Å². The number of fused-ring (bicyclic) bond motifs is 1. The van der Waals surface area contributed by atoms with Gasteiger partial charge < -0.3 is 25.6 Å². The molecule has 6 rings (SSSR count). The predicted octanol–water partition coefficient (Wildman–Crippen LogP) is 2.62. The molecule has 11 nitrogen and oxygen atoms in total. The number of rotatable bonds is 9. The molecule has 0 aromatic carbocycles. The molecule has 0 radical (unpaired) electrons. The average molecular weight is 537 g/mol. The minimum absolute atomic E-state index is 0.0117. The Hall–Kier alpha value is -3.60. The number of carbonyl (C=O) groups is 2. The van der Waals surface area contributed by atoms with Crippen molar-refractivity contribution >= 4 is 17.3 Å². The Morgan fingerprint density at radius 1 is 1.23 bits per heavy atom. The molecule has 0 atom stereocenters. The number of primary amides is 1. The van der Waals surface area contributed by atoms with E-state index in [9.17, 15) is 14.7 Å². The lowest BCUT2D eigenvalue weighted by molar-refractivity contribution is -0.0849. The van der Waals surface area contributed by atoms with E-state index in [1.54, 1.807) is 38.7 Å². The van der Waals surface area contributed by atoms with Crippen LogP contribution in [-0.4, -0.2) is 60.7 Å². The van der Waals surface area contributed by atoms with E-state index in [-0.39, 0.29) is 30.1 Å². The highest BCUT2D eigenvalue weighted by Gasteiger charge is 2.54. The Kier molecular flexibility index (Phi) is 5.90. The third-order valence-electron chi connectivity index (χ3n) is 8.31. The minimum atomic E-state index is -0.943. The van der Waals surface area contributed by atoms with Crippen molar-refractivity contribution in [2.45, 2.75) is 83.0 Å². The molecule has 1 spiro atoms. The maximum Gasteiger partial charge on any atom is 0.256 e. The number of ether oxygens (including phenoxy) is 2. The van der Waals surface area contributed by atoms with E-state index in [0.29, 0.717) is 34.4 Å². The minimum Gasteiger partial charge on any atom is -0.489 e. The number of amides is 2. The smallest absolute Gasteiger partial charge is 0.256 e. The van der Waals surface area contributed by atoms with Crippen molar-refractivity contribution in [2.24, 2.45) is 18.2 Å². The molecule has 3 aromatic rings. The van der Waals surface area contributed by atoms with Crippen LogP contribution >= 0.6 is 0 Å². The van der Waals surface area contributed by atoms with Gasteiger partial charge in [0, 0.05) is 19.0 Å². The first kappa shape index (κ1) is 25.7. The van der Waals surface area contributed by atoms with Crippen molar-refractivity contribution in [3.8, 4) is 11.6 Å². The summed E-state index contributed by atoms with van der Waals surface area (Å²) in [5.74, 6) is 0.688. The highest BCUT2D eigenvalue weighted by Crippen LogP contribution is 2.57. The number of hydrogen-bond acceptors (Lipinski definition) is 7. The Morgan fingerprint density at radius 3 is 2.59 bits per heavy atom. The van der Waals surface area contributed by atoms with Crippen LogP contribution in [-0.2, 0) is 7.05 Å². The van der Waals surface area contributed by atoms with E-state index >= 15 is 0 Å². The van der Waals surface area contributed by atoms with Crippen LogP contribution in [0.25, 0.3) is 5.52 Å². The number of pyridine rings is 1. The van der Waals surface area contributed by atoms with Crippen molar-refractivity contribution < 1.29 is 24.2 Å². The molecule has 3 fully saturated rings. The molecule has 3 aromatic heterocycles. The molecule has 3 aliphatic carbocycles. The van der Waals surface area contributed by atoms with Gasteiger partial charge in [0.05, 0.1) is 34.3 Å². The van der Waals surface area contributed by atoms with Gasteiger partial charge in [0.1, 0.15) is 24.0 Å². The van der Waals surface area contributed by atoms with Crippen molar-refractivity contribution in [1.82, 2.24) is 24.7 Å². The van der Waals surface area contributed by atoms with Crippen LogP contribution in [0, 0.1) is 12.3 Å². The molecule has 0 aliphatic heterocycles. The van der Waals surface area contributed by atoms with Gasteiger partial charge in [-0.05, 0) is 76.8 Å². The van der Waals surface area contributed by atoms with Crippen molar-refractivity contribution in [3.05, 3.63) is 40.8 Å². The zero-order valence-corrected chi connectivity index (χ0v) is 22.9. The molecule has 3 saturated carbocycles. The number of nitrogens with zero attached hydrogens (tertiary/aromatic N) is 4. The Labute approximate surface area is 226 Å². The second-order valence-corrected chi connectivity index (χ2v) is 12.3. The summed E-state index contributed by atoms with van der Waals surface area (Å²) in [6.45, 7) is 5.39. The van der Waals surface area contributed by atoms with Crippen LogP contribution in [0.4, 0.5) is 0 Å². The molecule has 4 N–H and O–H groups in total. The monoisotopic (exact) mass is 536 g/mol. The van der Waals surface area contributed by atoms with Crippen LogP contribution in [0.1, 0.15) is 90.4 Å². The summed E-state index contributed by atoms with van der Waals surface area (Å²) in [5, 5.41) is 22.1. The fourth-order valence-electron chi connectivity index (χ4n) is 6.11. The maximum absolute atomic E-state index is 13.2. The molecule has 0 unspecified atom stereocenters. The Balaban J connectivity index is 1.07. The van der Waals surface area contributed by atoms with Gasteiger partial charge in [0.15, 0.2) is 0 Å². The number of hydrogen-bond donors (Lipinski definition) is 3. The topological polar surface area (TPSA) is 146 Å². The van der Waals surface area contributed by atoms with E-state index in [2.05, 4.69) is 15.5 Å². The summed E-state index contributed by atoms with van der Waals surface area (Å²) in [4.78, 5) is 25.0. The fourth-order valence-corrected chi connectivity index (χ4v) is 6.11. The van der Waals surface area contributed by atoms with Gasteiger partial charge in [0.2, 0.25) is 5.88 Å². The molecular formula is C28H36N6O5. The summed E-state index contributed by atoms with van der Waals surface area (Å²) in [7, 11) is 1.76. The third-order valence-corrected chi connectivity index (χ3v) is 8.31. The summed E-state index contributed by atoms with van der Waals surface area (Å²) in [6, 6.07) is 3.85. The standard InChI is InChI=1S/C28H36N6O5/c1-15-22(24(29)35)26(32-33(15)4)39-18-11-28(12-18)9-17(10-28)31-25(36)19-13-30-34-20(19)7-8-21(23(34)16-5-6-16)38-14-27(2,3)37/h7-8,13,16-18,37H,5-6,9-12,14H2,1-4H3,(H2,29,35)(H,31,36). The quantitative estimate of drug-likeness (QED) is 0.381. The fraction of sp³-hybridized carbons (Fsp3) is 0.571. The largest absolute Gasteiger partial charge is 0.489 e. The van der Waals surface area contributed by atoms with Crippen LogP contribution in [0.15, 0.2) is 18.3 Å². The Bertz CT molecular complexity index is 1450. The molecule has 2 amide bonds. The molecule has 3 heterocycles. The normalized spacial score (nSPS) is 24.3. The Morgan fingerprint density at radius 2 is 1.95 bits per heavy atom. The number of aromatic nitrogens is 4. The molecule has 208 valence electrons. The van der Waals surface area contributed by atoms with Gasteiger partial charge >= 0.3 is 0 Å². The van der Waals surface area contributed by atoms with E-state index in [4.69, 9.17) is 15.2 Å². The van der Waals surface area contributed by atoms with E-state index < -0.39 is 11.5 Å². The van der Waals surface area contributed by atoms with Gasteiger partial charge in [-0.2, -0.15) is 5.10 Å². The number of aliphatic hydroxyl groups is 1. The lowest BCUT2D eigenvalue weighted by Gasteiger charge is -2.57. The maximum atomic E-state index is 13.2. The van der Waals surface area contributed by atoms with Gasteiger partial charge in [0.25, 0.3) is 11.8 Å². The van der Waals surface area contributed by atoms with E-state index in [1.807, 2.05) is 16.6 Å². The van der Waals surface area contributed by atoms with E-state index in [0.717, 1.165) is 49.7 Å².